The van der Waals surface area contributed by atoms with Gasteiger partial charge in [-0.3, -0.25) is 0 Å². The van der Waals surface area contributed by atoms with Gasteiger partial charge in [0.15, 0.2) is 0 Å². The molecule has 0 heterocycles. The van der Waals surface area contributed by atoms with Crippen molar-refractivity contribution in [3.8, 4) is 0 Å². The summed E-state index contributed by atoms with van der Waals surface area (Å²) in [5, 5.41) is 2.67. The normalized spacial score (nSPS) is 8.68. The van der Waals surface area contributed by atoms with Crippen molar-refractivity contribution in [2.75, 3.05) is 13.2 Å². The highest BCUT2D eigenvalue weighted by atomic mass is 16.5. The molecule has 0 radical (unpaired) electrons. The lowest BCUT2D eigenvalue weighted by Gasteiger charge is -1.99. The smallest absolute Gasteiger partial charge is 0.0463 e. The van der Waals surface area contributed by atoms with Gasteiger partial charge in [-0.05, 0) is 36.1 Å². The molecule has 0 spiro atoms. The maximum absolute atomic E-state index is 4.98. The van der Waals surface area contributed by atoms with Crippen LogP contribution in [-0.4, -0.2) is 13.2 Å². The molecule has 1 nitrogen and oxygen atoms in total. The molecule has 0 unspecified atom stereocenters. The molecule has 1 heteroatoms. The van der Waals surface area contributed by atoms with Crippen molar-refractivity contribution < 1.29 is 4.74 Å². The number of rotatable bonds is 4. The molecule has 0 N–H and O–H groups in total. The fourth-order valence-corrected chi connectivity index (χ4v) is 1.75. The van der Waals surface area contributed by atoms with E-state index in [-0.39, 0.29) is 0 Å². The van der Waals surface area contributed by atoms with Crippen molar-refractivity contribution >= 4 is 10.8 Å². The predicted molar refractivity (Wildman–Crippen MR) is 103 cm³/mol. The van der Waals surface area contributed by atoms with Crippen LogP contribution in [0.1, 0.15) is 60.5 Å². The van der Waals surface area contributed by atoms with E-state index in [0.717, 1.165) is 26.1 Å². The van der Waals surface area contributed by atoms with Gasteiger partial charge in [-0.25, -0.2) is 0 Å². The van der Waals surface area contributed by atoms with Crippen LogP contribution in [0.2, 0.25) is 0 Å². The first-order valence-electron chi connectivity index (χ1n) is 8.87. The molecule has 22 heavy (non-hydrogen) atoms. The van der Waals surface area contributed by atoms with E-state index >= 15 is 0 Å². The fourth-order valence-electron chi connectivity index (χ4n) is 1.75. The van der Waals surface area contributed by atoms with E-state index in [9.17, 15) is 0 Å². The first-order chi connectivity index (χ1) is 10.8. The average Bonchev–Trinajstić information content (AvgIpc) is 2.63. The summed E-state index contributed by atoms with van der Waals surface area (Å²) < 4.78 is 4.98. The standard InChI is InChI=1S/C12H12.C5H12O.2C2H6/c1-2-10-7-8-11-5-3-4-6-12(11)9-10;1-3-5-6-4-2;2*1-2/h3-9H,2H2,1H3;3-5H2,1-2H3;2*1-2H3. The van der Waals surface area contributed by atoms with Crippen molar-refractivity contribution in [1.29, 1.82) is 0 Å². The molecule has 0 saturated heterocycles. The average molecular weight is 305 g/mol. The van der Waals surface area contributed by atoms with Crippen molar-refractivity contribution in [3.05, 3.63) is 48.0 Å². The van der Waals surface area contributed by atoms with Gasteiger partial charge in [-0.15, -0.1) is 0 Å². The maximum atomic E-state index is 4.98. The topological polar surface area (TPSA) is 9.23 Å². The molecule has 0 aliphatic rings. The third kappa shape index (κ3) is 10.4. The largest absolute Gasteiger partial charge is 0.382 e. The van der Waals surface area contributed by atoms with Crippen LogP contribution in [0.5, 0.6) is 0 Å². The molecular weight excluding hydrogens is 268 g/mol. The summed E-state index contributed by atoms with van der Waals surface area (Å²) in [5.74, 6) is 0. The van der Waals surface area contributed by atoms with Crippen LogP contribution < -0.4 is 0 Å². The molecule has 0 aliphatic heterocycles. The second-order valence-corrected chi connectivity index (χ2v) is 4.23. The predicted octanol–water partition coefficient (Wildman–Crippen LogP) is 6.89. The second-order valence-electron chi connectivity index (χ2n) is 4.23. The van der Waals surface area contributed by atoms with Gasteiger partial charge in [0.2, 0.25) is 0 Å². The number of aryl methyl sites for hydroxylation is 1. The molecule has 2 aromatic carbocycles. The molecular formula is C21H36O. The zero-order valence-corrected chi connectivity index (χ0v) is 15.8. The van der Waals surface area contributed by atoms with Crippen molar-refractivity contribution in [3.63, 3.8) is 0 Å². The number of benzene rings is 2. The van der Waals surface area contributed by atoms with Gasteiger partial charge in [-0.1, -0.05) is 84.0 Å². The van der Waals surface area contributed by atoms with Crippen LogP contribution in [0.4, 0.5) is 0 Å². The van der Waals surface area contributed by atoms with Crippen LogP contribution in [0, 0.1) is 0 Å². The summed E-state index contributed by atoms with van der Waals surface area (Å²) in [6.07, 6.45) is 2.25. The molecule has 0 aliphatic carbocycles. The molecule has 0 saturated carbocycles. The Hall–Kier alpha value is -1.34. The summed E-state index contributed by atoms with van der Waals surface area (Å²) in [6, 6.07) is 15.1. The molecule has 0 fully saturated rings. The lowest BCUT2D eigenvalue weighted by molar-refractivity contribution is 0.148. The molecule has 0 aromatic heterocycles. The monoisotopic (exact) mass is 304 g/mol. The van der Waals surface area contributed by atoms with Gasteiger partial charge in [0.05, 0.1) is 0 Å². The molecule has 126 valence electrons. The zero-order chi connectivity index (χ0) is 17.2. The Labute approximate surface area is 138 Å². The molecule has 0 amide bonds. The van der Waals surface area contributed by atoms with E-state index in [2.05, 4.69) is 56.3 Å². The van der Waals surface area contributed by atoms with Crippen LogP contribution >= 0.6 is 0 Å². The van der Waals surface area contributed by atoms with E-state index in [1.54, 1.807) is 0 Å². The Kier molecular flexibility index (Phi) is 18.5. The van der Waals surface area contributed by atoms with Gasteiger partial charge < -0.3 is 4.74 Å². The number of hydrogen-bond donors (Lipinski definition) is 0. The Morgan fingerprint density at radius 2 is 1.36 bits per heavy atom. The summed E-state index contributed by atoms with van der Waals surface area (Å²) in [5.41, 5.74) is 1.41. The highest BCUT2D eigenvalue weighted by Gasteiger charge is 1.92. The first-order valence-corrected chi connectivity index (χ1v) is 8.87. The molecule has 2 aromatic rings. The molecule has 0 bridgehead atoms. The van der Waals surface area contributed by atoms with Crippen molar-refractivity contribution in [2.45, 2.75) is 61.3 Å². The number of ether oxygens (including phenoxy) is 1. The van der Waals surface area contributed by atoms with E-state index in [1.807, 2.05) is 34.6 Å². The Bertz CT molecular complexity index is 444. The first kappa shape index (κ1) is 22.9. The quantitative estimate of drug-likeness (QED) is 0.559. The van der Waals surface area contributed by atoms with Crippen LogP contribution in [0.25, 0.3) is 10.8 Å². The van der Waals surface area contributed by atoms with Crippen LogP contribution in [0.15, 0.2) is 42.5 Å². The van der Waals surface area contributed by atoms with Crippen molar-refractivity contribution in [1.82, 2.24) is 0 Å². The van der Waals surface area contributed by atoms with Crippen LogP contribution in [-0.2, 0) is 11.2 Å². The lowest BCUT2D eigenvalue weighted by atomic mass is 10.1. The summed E-state index contributed by atoms with van der Waals surface area (Å²) >= 11 is 0. The van der Waals surface area contributed by atoms with Crippen LogP contribution in [0.3, 0.4) is 0 Å². The highest BCUT2D eigenvalue weighted by molar-refractivity contribution is 5.82. The lowest BCUT2D eigenvalue weighted by Crippen LogP contribution is -1.88. The summed E-state index contributed by atoms with van der Waals surface area (Å²) in [7, 11) is 0. The second kappa shape index (κ2) is 17.7. The zero-order valence-electron chi connectivity index (χ0n) is 15.8. The van der Waals surface area contributed by atoms with Gasteiger partial charge >= 0.3 is 0 Å². The molecule has 0 atom stereocenters. The summed E-state index contributed by atoms with van der Waals surface area (Å²) in [4.78, 5) is 0. The van der Waals surface area contributed by atoms with E-state index in [0.29, 0.717) is 0 Å². The fraction of sp³-hybridized carbons (Fsp3) is 0.524. The third-order valence-corrected chi connectivity index (χ3v) is 2.77. The third-order valence-electron chi connectivity index (χ3n) is 2.77. The minimum absolute atomic E-state index is 0.855. The van der Waals surface area contributed by atoms with Crippen molar-refractivity contribution in [2.24, 2.45) is 0 Å². The van der Waals surface area contributed by atoms with Gasteiger partial charge in [0, 0.05) is 13.2 Å². The number of fused-ring (bicyclic) bond motifs is 1. The Morgan fingerprint density at radius 1 is 0.773 bits per heavy atom. The Morgan fingerprint density at radius 3 is 1.82 bits per heavy atom. The SMILES string of the molecule is CC.CC.CCCOCC.CCc1ccc2ccccc2c1. The summed E-state index contributed by atoms with van der Waals surface area (Å²) in [6.45, 7) is 16.1. The van der Waals surface area contributed by atoms with E-state index in [1.165, 1.54) is 16.3 Å². The molecule has 2 rings (SSSR count). The number of hydrogen-bond acceptors (Lipinski definition) is 1. The Balaban J connectivity index is 0. The minimum atomic E-state index is 0.855. The van der Waals surface area contributed by atoms with E-state index in [4.69, 9.17) is 4.74 Å². The van der Waals surface area contributed by atoms with Gasteiger partial charge in [0.25, 0.3) is 0 Å². The van der Waals surface area contributed by atoms with Gasteiger partial charge in [-0.2, -0.15) is 0 Å². The van der Waals surface area contributed by atoms with E-state index < -0.39 is 0 Å². The van der Waals surface area contributed by atoms with Gasteiger partial charge in [0.1, 0.15) is 0 Å². The highest BCUT2D eigenvalue weighted by Crippen LogP contribution is 2.15. The minimum Gasteiger partial charge on any atom is -0.382 e. The maximum Gasteiger partial charge on any atom is 0.0463 e.